The van der Waals surface area contributed by atoms with E-state index in [0.717, 1.165) is 31.7 Å². The van der Waals surface area contributed by atoms with Crippen LogP contribution in [-0.4, -0.2) is 61.0 Å². The van der Waals surface area contributed by atoms with E-state index in [1.165, 1.54) is 12.5 Å². The highest BCUT2D eigenvalue weighted by Gasteiger charge is 2.28. The predicted octanol–water partition coefficient (Wildman–Crippen LogP) is 1.68. The molecule has 0 bridgehead atoms. The summed E-state index contributed by atoms with van der Waals surface area (Å²) in [6.45, 7) is 7.08. The van der Waals surface area contributed by atoms with E-state index >= 15 is 0 Å². The maximum Gasteiger partial charge on any atom is 0.256 e. The molecule has 0 saturated carbocycles. The highest BCUT2D eigenvalue weighted by molar-refractivity contribution is 5.94. The zero-order valence-corrected chi connectivity index (χ0v) is 13.7. The number of rotatable bonds is 2. The molecule has 2 saturated heterocycles. The molecular formula is C16H23ClFN3O. The molecule has 2 heterocycles. The van der Waals surface area contributed by atoms with Gasteiger partial charge in [-0.25, -0.2) is 4.39 Å². The highest BCUT2D eigenvalue weighted by Crippen LogP contribution is 2.16. The molecule has 22 heavy (non-hydrogen) atoms. The Labute approximate surface area is 137 Å². The number of aryl methyl sites for hydroxylation is 1. The van der Waals surface area contributed by atoms with Crippen molar-refractivity contribution in [2.24, 2.45) is 0 Å². The van der Waals surface area contributed by atoms with Crippen LogP contribution in [0.5, 0.6) is 0 Å². The summed E-state index contributed by atoms with van der Waals surface area (Å²) < 4.78 is 13.9. The van der Waals surface area contributed by atoms with E-state index in [1.807, 2.05) is 6.92 Å². The van der Waals surface area contributed by atoms with Gasteiger partial charge in [-0.3, -0.25) is 9.69 Å². The number of piperazine rings is 1. The summed E-state index contributed by atoms with van der Waals surface area (Å²) in [5.41, 5.74) is 1.03. The van der Waals surface area contributed by atoms with Crippen molar-refractivity contribution in [3.8, 4) is 0 Å². The molecular weight excluding hydrogens is 305 g/mol. The van der Waals surface area contributed by atoms with E-state index in [0.29, 0.717) is 19.1 Å². The number of nitrogens with zero attached hydrogens (tertiary/aromatic N) is 2. The van der Waals surface area contributed by atoms with Gasteiger partial charge < -0.3 is 10.2 Å². The summed E-state index contributed by atoms with van der Waals surface area (Å²) in [5, 5.41) is 3.37. The summed E-state index contributed by atoms with van der Waals surface area (Å²) in [5.74, 6) is -0.598. The van der Waals surface area contributed by atoms with Crippen molar-refractivity contribution in [2.45, 2.75) is 19.4 Å². The third-order valence-corrected chi connectivity index (χ3v) is 4.51. The molecule has 1 unspecified atom stereocenters. The molecule has 1 amide bonds. The Hall–Kier alpha value is -1.17. The van der Waals surface area contributed by atoms with Crippen molar-refractivity contribution in [3.05, 3.63) is 35.1 Å². The lowest BCUT2D eigenvalue weighted by Gasteiger charge is -2.37. The van der Waals surface area contributed by atoms with Crippen molar-refractivity contribution in [2.75, 3.05) is 39.3 Å². The van der Waals surface area contributed by atoms with Crippen LogP contribution in [0.3, 0.4) is 0 Å². The summed E-state index contributed by atoms with van der Waals surface area (Å²) in [7, 11) is 0. The molecule has 1 aromatic carbocycles. The zero-order chi connectivity index (χ0) is 14.8. The molecule has 0 spiro atoms. The van der Waals surface area contributed by atoms with E-state index in [2.05, 4.69) is 10.2 Å². The lowest BCUT2D eigenvalue weighted by atomic mass is 10.1. The number of nitrogens with one attached hydrogen (secondary N) is 1. The van der Waals surface area contributed by atoms with Crippen LogP contribution < -0.4 is 5.32 Å². The Morgan fingerprint density at radius 1 is 1.27 bits per heavy atom. The van der Waals surface area contributed by atoms with Gasteiger partial charge in [0.2, 0.25) is 0 Å². The van der Waals surface area contributed by atoms with Gasteiger partial charge in [0.25, 0.3) is 5.91 Å². The largest absolute Gasteiger partial charge is 0.336 e. The number of halogens is 2. The summed E-state index contributed by atoms with van der Waals surface area (Å²) in [6.07, 6.45) is 1.18. The fourth-order valence-corrected chi connectivity index (χ4v) is 3.21. The fourth-order valence-electron chi connectivity index (χ4n) is 3.21. The van der Waals surface area contributed by atoms with E-state index in [1.54, 1.807) is 17.0 Å². The Kier molecular flexibility index (Phi) is 5.78. The number of benzene rings is 1. The Balaban J connectivity index is 0.00000176. The molecule has 0 radical (unpaired) electrons. The van der Waals surface area contributed by atoms with Crippen molar-refractivity contribution in [1.29, 1.82) is 0 Å². The van der Waals surface area contributed by atoms with Crippen LogP contribution in [0, 0.1) is 12.7 Å². The van der Waals surface area contributed by atoms with Crippen molar-refractivity contribution < 1.29 is 9.18 Å². The van der Waals surface area contributed by atoms with E-state index in [9.17, 15) is 9.18 Å². The number of hydrogen-bond donors (Lipinski definition) is 1. The summed E-state index contributed by atoms with van der Waals surface area (Å²) in [6, 6.07) is 5.41. The third-order valence-electron chi connectivity index (χ3n) is 4.51. The van der Waals surface area contributed by atoms with Crippen LogP contribution in [0.1, 0.15) is 22.3 Å². The van der Waals surface area contributed by atoms with Gasteiger partial charge in [0.05, 0.1) is 5.56 Å². The minimum atomic E-state index is -0.414. The molecule has 3 rings (SSSR count). The summed E-state index contributed by atoms with van der Waals surface area (Å²) >= 11 is 0. The zero-order valence-electron chi connectivity index (χ0n) is 12.8. The standard InChI is InChI=1S/C16H22FN3O.ClH/c1-12-2-3-14(15(17)10-12)16(21)20-8-6-19(7-9-20)13-4-5-18-11-13;/h2-3,10,13,18H,4-9,11H2,1H3;1H. The SMILES string of the molecule is Cc1ccc(C(=O)N2CCN(C3CCNC3)CC2)c(F)c1.Cl. The maximum absolute atomic E-state index is 13.9. The van der Waals surface area contributed by atoms with Crippen molar-refractivity contribution in [1.82, 2.24) is 15.1 Å². The second kappa shape index (κ2) is 7.40. The Morgan fingerprint density at radius 2 is 2.00 bits per heavy atom. The molecule has 2 fully saturated rings. The first-order valence-electron chi connectivity index (χ1n) is 7.65. The van der Waals surface area contributed by atoms with Gasteiger partial charge in [0, 0.05) is 38.8 Å². The minimum Gasteiger partial charge on any atom is -0.336 e. The molecule has 122 valence electrons. The van der Waals surface area contributed by atoms with Crippen LogP contribution in [-0.2, 0) is 0 Å². The molecule has 0 aliphatic carbocycles. The molecule has 6 heteroatoms. The Morgan fingerprint density at radius 3 is 2.59 bits per heavy atom. The molecule has 0 aromatic heterocycles. The first-order valence-corrected chi connectivity index (χ1v) is 7.65. The lowest BCUT2D eigenvalue weighted by molar-refractivity contribution is 0.0579. The Bertz CT molecular complexity index is 526. The van der Waals surface area contributed by atoms with Crippen molar-refractivity contribution >= 4 is 18.3 Å². The normalized spacial score (nSPS) is 22.5. The van der Waals surface area contributed by atoms with Gasteiger partial charge in [-0.1, -0.05) is 6.07 Å². The van der Waals surface area contributed by atoms with Crippen LogP contribution in [0.4, 0.5) is 4.39 Å². The van der Waals surface area contributed by atoms with Gasteiger partial charge in [0.15, 0.2) is 0 Å². The lowest BCUT2D eigenvalue weighted by Crippen LogP contribution is -2.52. The minimum absolute atomic E-state index is 0. The van der Waals surface area contributed by atoms with E-state index < -0.39 is 5.82 Å². The quantitative estimate of drug-likeness (QED) is 0.897. The molecule has 2 aliphatic rings. The van der Waals surface area contributed by atoms with Gasteiger partial charge in [-0.15, -0.1) is 12.4 Å². The highest BCUT2D eigenvalue weighted by atomic mass is 35.5. The molecule has 1 aromatic rings. The summed E-state index contributed by atoms with van der Waals surface area (Å²) in [4.78, 5) is 16.6. The molecule has 1 atom stereocenters. The van der Waals surface area contributed by atoms with Crippen LogP contribution in [0.2, 0.25) is 0 Å². The predicted molar refractivity (Wildman–Crippen MR) is 87.1 cm³/mol. The first kappa shape index (κ1) is 17.2. The van der Waals surface area contributed by atoms with E-state index in [4.69, 9.17) is 0 Å². The van der Waals surface area contributed by atoms with Gasteiger partial charge >= 0.3 is 0 Å². The first-order chi connectivity index (χ1) is 10.1. The van der Waals surface area contributed by atoms with Gasteiger partial charge in [-0.2, -0.15) is 0 Å². The van der Waals surface area contributed by atoms with Crippen molar-refractivity contribution in [3.63, 3.8) is 0 Å². The number of hydrogen-bond acceptors (Lipinski definition) is 3. The van der Waals surface area contributed by atoms with Crippen LogP contribution >= 0.6 is 12.4 Å². The molecule has 1 N–H and O–H groups in total. The fraction of sp³-hybridized carbons (Fsp3) is 0.562. The maximum atomic E-state index is 13.9. The average molecular weight is 328 g/mol. The molecule has 2 aliphatic heterocycles. The molecule has 4 nitrogen and oxygen atoms in total. The van der Waals surface area contributed by atoms with Gasteiger partial charge in [0.1, 0.15) is 5.82 Å². The third kappa shape index (κ3) is 3.59. The second-order valence-corrected chi connectivity index (χ2v) is 5.96. The topological polar surface area (TPSA) is 35.6 Å². The van der Waals surface area contributed by atoms with Crippen LogP contribution in [0.15, 0.2) is 18.2 Å². The number of carbonyl (C=O) groups excluding carboxylic acids is 1. The average Bonchev–Trinajstić information content (AvgIpc) is 3.01. The monoisotopic (exact) mass is 327 g/mol. The van der Waals surface area contributed by atoms with E-state index in [-0.39, 0.29) is 23.9 Å². The number of carbonyl (C=O) groups is 1. The van der Waals surface area contributed by atoms with Crippen LogP contribution in [0.25, 0.3) is 0 Å². The smallest absolute Gasteiger partial charge is 0.256 e. The number of amides is 1. The second-order valence-electron chi connectivity index (χ2n) is 5.96. The van der Waals surface area contributed by atoms with Gasteiger partial charge in [-0.05, 0) is 37.6 Å².